The van der Waals surface area contributed by atoms with Crippen LogP contribution in [0.1, 0.15) is 32.6 Å². The van der Waals surface area contributed by atoms with Gasteiger partial charge in [0.05, 0.1) is 6.26 Å². The van der Waals surface area contributed by atoms with E-state index in [9.17, 15) is 9.90 Å². The van der Waals surface area contributed by atoms with Crippen molar-refractivity contribution in [3.8, 4) is 11.5 Å². The maximum atomic E-state index is 11.8. The van der Waals surface area contributed by atoms with Crippen LogP contribution in [0.25, 0.3) is 0 Å². The minimum absolute atomic E-state index is 0.201. The van der Waals surface area contributed by atoms with E-state index in [2.05, 4.69) is 18.7 Å². The molecule has 0 atom stereocenters. The van der Waals surface area contributed by atoms with Crippen LogP contribution in [0, 0.1) is 6.92 Å². The lowest BCUT2D eigenvalue weighted by Gasteiger charge is -2.14. The van der Waals surface area contributed by atoms with Crippen molar-refractivity contribution < 1.29 is 19.4 Å². The lowest BCUT2D eigenvalue weighted by atomic mass is 9.99. The van der Waals surface area contributed by atoms with Gasteiger partial charge in [-0.2, -0.15) is 0 Å². The topological polar surface area (TPSA) is 55.8 Å². The highest BCUT2D eigenvalue weighted by Gasteiger charge is 2.16. The molecule has 3 rings (SSSR count). The number of rotatable bonds is 9. The molecule has 4 nitrogen and oxygen atoms in total. The molecule has 0 radical (unpaired) electrons. The zero-order valence-electron chi connectivity index (χ0n) is 16.4. The molecular formula is C25H24O4. The largest absolute Gasteiger partial charge is 0.488 e. The second kappa shape index (κ2) is 9.60. The Morgan fingerprint density at radius 3 is 2.41 bits per heavy atom. The van der Waals surface area contributed by atoms with Gasteiger partial charge in [0.2, 0.25) is 0 Å². The molecule has 0 saturated heterocycles. The van der Waals surface area contributed by atoms with Gasteiger partial charge in [-0.25, -0.2) is 4.79 Å². The number of aryl methyl sites for hydroxylation is 3. The fraction of sp³-hybridized carbons (Fsp3) is 0.160. The molecule has 0 amide bonds. The van der Waals surface area contributed by atoms with E-state index in [0.717, 1.165) is 24.0 Å². The van der Waals surface area contributed by atoms with Gasteiger partial charge in [-0.05, 0) is 60.2 Å². The molecule has 0 spiro atoms. The van der Waals surface area contributed by atoms with Gasteiger partial charge in [0, 0.05) is 0 Å². The summed E-state index contributed by atoms with van der Waals surface area (Å²) in [6.45, 7) is 5.60. The molecule has 148 valence electrons. The highest BCUT2D eigenvalue weighted by atomic mass is 16.5. The number of aromatic carboxylic acids is 1. The van der Waals surface area contributed by atoms with E-state index < -0.39 is 5.97 Å². The van der Waals surface area contributed by atoms with Gasteiger partial charge < -0.3 is 14.6 Å². The maximum Gasteiger partial charge on any atom is 0.339 e. The molecule has 1 N–H and O–H groups in total. The van der Waals surface area contributed by atoms with Crippen LogP contribution in [0.3, 0.4) is 0 Å². The lowest BCUT2D eigenvalue weighted by Crippen LogP contribution is -2.07. The molecule has 0 aliphatic rings. The van der Waals surface area contributed by atoms with Crippen LogP contribution in [0.15, 0.2) is 79.6 Å². The van der Waals surface area contributed by atoms with Gasteiger partial charge in [-0.15, -0.1) is 0 Å². The van der Waals surface area contributed by atoms with Crippen LogP contribution in [0.5, 0.6) is 11.5 Å². The molecule has 3 aromatic rings. The van der Waals surface area contributed by atoms with E-state index in [1.54, 1.807) is 6.92 Å². The second-order valence-electron chi connectivity index (χ2n) is 6.80. The summed E-state index contributed by atoms with van der Waals surface area (Å²) in [7, 11) is 0. The molecular weight excluding hydrogens is 364 g/mol. The zero-order chi connectivity index (χ0) is 20.6. The summed E-state index contributed by atoms with van der Waals surface area (Å²) >= 11 is 0. The highest BCUT2D eigenvalue weighted by Crippen LogP contribution is 2.27. The van der Waals surface area contributed by atoms with Crippen LogP contribution >= 0.6 is 0 Å². The molecule has 0 unspecified atom stereocenters. The van der Waals surface area contributed by atoms with Crippen LogP contribution < -0.4 is 9.47 Å². The maximum absolute atomic E-state index is 11.8. The van der Waals surface area contributed by atoms with Crippen LogP contribution in [-0.4, -0.2) is 11.1 Å². The fourth-order valence-electron chi connectivity index (χ4n) is 3.26. The highest BCUT2D eigenvalue weighted by molar-refractivity contribution is 5.92. The van der Waals surface area contributed by atoms with Crippen LogP contribution in [-0.2, 0) is 19.4 Å². The third-order valence-corrected chi connectivity index (χ3v) is 4.63. The van der Waals surface area contributed by atoms with Crippen LogP contribution in [0.2, 0.25) is 0 Å². The first kappa shape index (κ1) is 20.2. The molecule has 0 aliphatic heterocycles. The van der Waals surface area contributed by atoms with Crippen molar-refractivity contribution in [2.24, 2.45) is 0 Å². The van der Waals surface area contributed by atoms with E-state index in [-0.39, 0.29) is 12.2 Å². The second-order valence-corrected chi connectivity index (χ2v) is 6.80. The van der Waals surface area contributed by atoms with Gasteiger partial charge in [0.25, 0.3) is 0 Å². The molecule has 0 aromatic heterocycles. The number of carboxylic acid groups (broad SMARTS) is 1. The van der Waals surface area contributed by atoms with Crippen molar-refractivity contribution >= 4 is 5.97 Å². The van der Waals surface area contributed by atoms with E-state index in [1.165, 1.54) is 11.8 Å². The summed E-state index contributed by atoms with van der Waals surface area (Å²) in [6.07, 6.45) is 3.05. The Morgan fingerprint density at radius 1 is 0.966 bits per heavy atom. The number of hydrogen-bond donors (Lipinski definition) is 1. The summed E-state index contributed by atoms with van der Waals surface area (Å²) in [6, 6.07) is 21.4. The summed E-state index contributed by atoms with van der Waals surface area (Å²) in [5.74, 6) is 0.0544. The predicted octanol–water partition coefficient (Wildman–Crippen LogP) is 5.58. The molecule has 3 aromatic carbocycles. The summed E-state index contributed by atoms with van der Waals surface area (Å²) < 4.78 is 11.2. The Hall–Kier alpha value is -3.53. The van der Waals surface area contributed by atoms with Gasteiger partial charge in [-0.1, -0.05) is 55.1 Å². The van der Waals surface area contributed by atoms with Crippen molar-refractivity contribution in [1.82, 2.24) is 0 Å². The summed E-state index contributed by atoms with van der Waals surface area (Å²) in [5.41, 5.74) is 4.07. The number of hydrogen-bond acceptors (Lipinski definition) is 3. The smallest absolute Gasteiger partial charge is 0.339 e. The monoisotopic (exact) mass is 388 g/mol. The Bertz CT molecular complexity index is 993. The quantitative estimate of drug-likeness (QED) is 0.486. The summed E-state index contributed by atoms with van der Waals surface area (Å²) in [4.78, 5) is 11.8. The molecule has 29 heavy (non-hydrogen) atoms. The molecule has 0 saturated carbocycles. The Labute approximate surface area is 171 Å². The Morgan fingerprint density at radius 2 is 1.69 bits per heavy atom. The van der Waals surface area contributed by atoms with Crippen molar-refractivity contribution in [3.63, 3.8) is 0 Å². The van der Waals surface area contributed by atoms with Crippen molar-refractivity contribution in [2.75, 3.05) is 0 Å². The van der Waals surface area contributed by atoms with Crippen molar-refractivity contribution in [1.29, 1.82) is 0 Å². The number of carboxylic acids is 1. The van der Waals surface area contributed by atoms with Gasteiger partial charge in [0.15, 0.2) is 0 Å². The Kier molecular flexibility index (Phi) is 6.69. The first-order valence-corrected chi connectivity index (χ1v) is 9.47. The minimum Gasteiger partial charge on any atom is -0.488 e. The average molecular weight is 388 g/mol. The first-order valence-electron chi connectivity index (χ1n) is 9.47. The first-order chi connectivity index (χ1) is 14.1. The number of carbonyl (C=O) groups is 1. The average Bonchev–Trinajstić information content (AvgIpc) is 2.71. The molecule has 0 heterocycles. The third-order valence-electron chi connectivity index (χ3n) is 4.63. The third kappa shape index (κ3) is 5.48. The van der Waals surface area contributed by atoms with Gasteiger partial charge >= 0.3 is 5.97 Å². The standard InChI is InChI=1S/C25H24O4/c1-3-28-22-11-7-10-21(15-22)17-29-23-16-20(14-18(2)24(23)25(26)27)13-12-19-8-5-4-6-9-19/h3-11,14-16H,1,12-13,17H2,2H3,(H,26,27). The molecule has 0 fully saturated rings. The SMILES string of the molecule is C=COc1cccc(COc2cc(CCc3ccccc3)cc(C)c2C(=O)O)c1. The van der Waals surface area contributed by atoms with Crippen LogP contribution in [0.4, 0.5) is 0 Å². The minimum atomic E-state index is -0.990. The zero-order valence-corrected chi connectivity index (χ0v) is 16.4. The molecule has 0 aliphatic carbocycles. The summed E-state index contributed by atoms with van der Waals surface area (Å²) in [5, 5.41) is 9.65. The van der Waals surface area contributed by atoms with E-state index in [1.807, 2.05) is 54.6 Å². The normalized spacial score (nSPS) is 10.4. The van der Waals surface area contributed by atoms with Crippen molar-refractivity contribution in [2.45, 2.75) is 26.4 Å². The molecule has 4 heteroatoms. The van der Waals surface area contributed by atoms with Gasteiger partial charge in [-0.3, -0.25) is 0 Å². The van der Waals surface area contributed by atoms with Crippen molar-refractivity contribution in [3.05, 3.63) is 107 Å². The van der Waals surface area contributed by atoms with E-state index in [0.29, 0.717) is 17.1 Å². The van der Waals surface area contributed by atoms with Gasteiger partial charge in [0.1, 0.15) is 23.7 Å². The number of benzene rings is 3. The lowest BCUT2D eigenvalue weighted by molar-refractivity contribution is 0.0691. The Balaban J connectivity index is 1.79. The van der Waals surface area contributed by atoms with E-state index in [4.69, 9.17) is 9.47 Å². The predicted molar refractivity (Wildman–Crippen MR) is 114 cm³/mol. The fourth-order valence-corrected chi connectivity index (χ4v) is 3.26. The van der Waals surface area contributed by atoms with E-state index >= 15 is 0 Å². The molecule has 0 bridgehead atoms. The number of ether oxygens (including phenoxy) is 2.